The molecule has 0 bridgehead atoms. The summed E-state index contributed by atoms with van der Waals surface area (Å²) in [5.41, 5.74) is -0.278. The standard InChI is InChI=1S/C19H17N3O6S2/c1-3-26-15-7-5-4-6-13(15)17(25)28-16-9-27-12(8-14(16)24)10-29-19-22-21-18(30-19)20-11(2)23/h4-9H,3,10H2,1-2H3,(H,20,21,23). The fourth-order valence-electron chi connectivity index (χ4n) is 2.26. The minimum absolute atomic E-state index is 0.213. The van der Waals surface area contributed by atoms with Gasteiger partial charge >= 0.3 is 5.97 Å². The summed E-state index contributed by atoms with van der Waals surface area (Å²) in [4.78, 5) is 35.7. The Morgan fingerprint density at radius 2 is 2.03 bits per heavy atom. The van der Waals surface area contributed by atoms with Crippen molar-refractivity contribution in [3.05, 3.63) is 58.1 Å². The Morgan fingerprint density at radius 3 is 2.77 bits per heavy atom. The van der Waals surface area contributed by atoms with E-state index in [1.807, 2.05) is 0 Å². The van der Waals surface area contributed by atoms with Crippen LogP contribution in [-0.4, -0.2) is 28.7 Å². The molecule has 0 saturated heterocycles. The number of amides is 1. The maximum Gasteiger partial charge on any atom is 0.347 e. The molecule has 3 aromatic rings. The van der Waals surface area contributed by atoms with Crippen LogP contribution in [0.5, 0.6) is 11.5 Å². The number of thioether (sulfide) groups is 1. The van der Waals surface area contributed by atoms with Gasteiger partial charge in [0.25, 0.3) is 0 Å². The van der Waals surface area contributed by atoms with Crippen LogP contribution >= 0.6 is 23.1 Å². The summed E-state index contributed by atoms with van der Waals surface area (Å²) >= 11 is 2.50. The quantitative estimate of drug-likeness (QED) is 0.315. The summed E-state index contributed by atoms with van der Waals surface area (Å²) < 4.78 is 16.6. The molecule has 0 aliphatic rings. The van der Waals surface area contributed by atoms with E-state index in [9.17, 15) is 14.4 Å². The van der Waals surface area contributed by atoms with E-state index in [4.69, 9.17) is 13.9 Å². The zero-order chi connectivity index (χ0) is 21.5. The lowest BCUT2D eigenvalue weighted by Crippen LogP contribution is -2.15. The van der Waals surface area contributed by atoms with Crippen LogP contribution in [0.15, 0.2) is 50.1 Å². The lowest BCUT2D eigenvalue weighted by atomic mass is 10.2. The van der Waals surface area contributed by atoms with Crippen molar-refractivity contribution in [3.8, 4) is 11.5 Å². The number of para-hydroxylation sites is 1. The summed E-state index contributed by atoms with van der Waals surface area (Å²) in [6.45, 7) is 3.57. The van der Waals surface area contributed by atoms with Gasteiger partial charge in [0.15, 0.2) is 4.34 Å². The number of esters is 1. The Hall–Kier alpha value is -3.18. The van der Waals surface area contributed by atoms with E-state index in [1.165, 1.54) is 36.1 Å². The first-order chi connectivity index (χ1) is 14.5. The number of aromatic nitrogens is 2. The number of hydrogen-bond donors (Lipinski definition) is 1. The summed E-state index contributed by atoms with van der Waals surface area (Å²) in [6.07, 6.45) is 1.10. The van der Waals surface area contributed by atoms with Crippen molar-refractivity contribution in [2.75, 3.05) is 11.9 Å². The number of rotatable bonds is 8. The van der Waals surface area contributed by atoms with Crippen LogP contribution in [0.1, 0.15) is 30.0 Å². The zero-order valence-corrected chi connectivity index (χ0v) is 17.7. The summed E-state index contributed by atoms with van der Waals surface area (Å²) in [6, 6.07) is 7.86. The number of nitrogens with one attached hydrogen (secondary N) is 1. The number of ether oxygens (including phenoxy) is 2. The fraction of sp³-hybridized carbons (Fsp3) is 0.211. The highest BCUT2D eigenvalue weighted by Crippen LogP contribution is 2.28. The molecule has 9 nitrogen and oxygen atoms in total. The maximum atomic E-state index is 12.4. The van der Waals surface area contributed by atoms with Crippen molar-refractivity contribution < 1.29 is 23.5 Å². The summed E-state index contributed by atoms with van der Waals surface area (Å²) in [5, 5.41) is 10.7. The van der Waals surface area contributed by atoms with Crippen molar-refractivity contribution in [1.82, 2.24) is 10.2 Å². The highest BCUT2D eigenvalue weighted by atomic mass is 32.2. The molecule has 2 aromatic heterocycles. The van der Waals surface area contributed by atoms with Crippen molar-refractivity contribution in [2.24, 2.45) is 0 Å². The number of anilines is 1. The van der Waals surface area contributed by atoms with Gasteiger partial charge in [-0.15, -0.1) is 10.2 Å². The molecule has 0 spiro atoms. The van der Waals surface area contributed by atoms with Gasteiger partial charge in [-0.2, -0.15) is 0 Å². The van der Waals surface area contributed by atoms with E-state index in [0.717, 1.165) is 6.26 Å². The van der Waals surface area contributed by atoms with Gasteiger partial charge in [0.1, 0.15) is 23.3 Å². The van der Waals surface area contributed by atoms with E-state index in [0.29, 0.717) is 33.3 Å². The number of benzene rings is 1. The molecule has 2 heterocycles. The average molecular weight is 447 g/mol. The normalized spacial score (nSPS) is 10.5. The van der Waals surface area contributed by atoms with Gasteiger partial charge in [-0.1, -0.05) is 35.2 Å². The molecule has 0 radical (unpaired) electrons. The van der Waals surface area contributed by atoms with Gasteiger partial charge < -0.3 is 19.2 Å². The van der Waals surface area contributed by atoms with Gasteiger partial charge in [0.2, 0.25) is 22.2 Å². The molecule has 1 N–H and O–H groups in total. The molecule has 0 aliphatic heterocycles. The monoisotopic (exact) mass is 447 g/mol. The van der Waals surface area contributed by atoms with E-state index in [1.54, 1.807) is 31.2 Å². The smallest absolute Gasteiger partial charge is 0.347 e. The minimum atomic E-state index is -0.715. The van der Waals surface area contributed by atoms with Crippen LogP contribution in [0.2, 0.25) is 0 Å². The molecule has 30 heavy (non-hydrogen) atoms. The van der Waals surface area contributed by atoms with Gasteiger partial charge in [-0.05, 0) is 19.1 Å². The van der Waals surface area contributed by atoms with Gasteiger partial charge in [-0.3, -0.25) is 9.59 Å². The third kappa shape index (κ3) is 5.67. The SMILES string of the molecule is CCOc1ccccc1C(=O)Oc1coc(CSc2nnc(NC(C)=O)s2)cc1=O. The molecule has 156 valence electrons. The number of carbonyl (C=O) groups is 2. The number of carbonyl (C=O) groups excluding carboxylic acids is 2. The predicted molar refractivity (Wildman–Crippen MR) is 111 cm³/mol. The Balaban J connectivity index is 1.64. The van der Waals surface area contributed by atoms with Gasteiger partial charge in [0.05, 0.1) is 12.4 Å². The Kier molecular flexibility index (Phi) is 7.20. The van der Waals surface area contributed by atoms with Crippen LogP contribution in [0.25, 0.3) is 0 Å². The lowest BCUT2D eigenvalue weighted by molar-refractivity contribution is -0.114. The van der Waals surface area contributed by atoms with Gasteiger partial charge in [0, 0.05) is 13.0 Å². The molecule has 0 saturated carbocycles. The van der Waals surface area contributed by atoms with Crippen molar-refractivity contribution in [3.63, 3.8) is 0 Å². The van der Waals surface area contributed by atoms with Gasteiger partial charge in [-0.25, -0.2) is 4.79 Å². The largest absolute Gasteiger partial charge is 0.493 e. The van der Waals surface area contributed by atoms with Crippen molar-refractivity contribution in [1.29, 1.82) is 0 Å². The number of nitrogens with zero attached hydrogens (tertiary/aromatic N) is 2. The van der Waals surface area contributed by atoms with Crippen LogP contribution < -0.4 is 20.2 Å². The molecule has 1 amide bonds. The Morgan fingerprint density at radius 1 is 1.23 bits per heavy atom. The second-order valence-corrected chi connectivity index (χ2v) is 7.94. The molecule has 0 aliphatic carbocycles. The summed E-state index contributed by atoms with van der Waals surface area (Å²) in [5.74, 6) is -0.112. The molecule has 3 rings (SSSR count). The second-order valence-electron chi connectivity index (χ2n) is 5.74. The second kappa shape index (κ2) is 10.0. The Bertz CT molecular complexity index is 1110. The molecule has 1 aromatic carbocycles. The van der Waals surface area contributed by atoms with Crippen LogP contribution in [0, 0.1) is 0 Å². The third-order valence-electron chi connectivity index (χ3n) is 3.49. The zero-order valence-electron chi connectivity index (χ0n) is 16.0. The lowest BCUT2D eigenvalue weighted by Gasteiger charge is -2.09. The molecule has 0 atom stereocenters. The first-order valence-corrected chi connectivity index (χ1v) is 10.6. The topological polar surface area (TPSA) is 121 Å². The minimum Gasteiger partial charge on any atom is -0.493 e. The maximum absolute atomic E-state index is 12.4. The average Bonchev–Trinajstić information content (AvgIpc) is 3.15. The fourth-order valence-corrected chi connectivity index (χ4v) is 3.95. The highest BCUT2D eigenvalue weighted by molar-refractivity contribution is 8.00. The summed E-state index contributed by atoms with van der Waals surface area (Å²) in [7, 11) is 0. The third-order valence-corrected chi connectivity index (χ3v) is 5.48. The van der Waals surface area contributed by atoms with E-state index in [2.05, 4.69) is 15.5 Å². The van der Waals surface area contributed by atoms with E-state index in [-0.39, 0.29) is 17.2 Å². The van der Waals surface area contributed by atoms with Crippen LogP contribution in [-0.2, 0) is 10.5 Å². The van der Waals surface area contributed by atoms with Crippen LogP contribution in [0.4, 0.5) is 5.13 Å². The first-order valence-electron chi connectivity index (χ1n) is 8.76. The molecular weight excluding hydrogens is 430 g/mol. The number of hydrogen-bond acceptors (Lipinski definition) is 10. The van der Waals surface area contributed by atoms with Crippen molar-refractivity contribution >= 4 is 40.1 Å². The molecule has 0 unspecified atom stereocenters. The van der Waals surface area contributed by atoms with Crippen LogP contribution in [0.3, 0.4) is 0 Å². The molecule has 0 fully saturated rings. The van der Waals surface area contributed by atoms with E-state index < -0.39 is 11.4 Å². The molecular formula is C19H17N3O6S2. The predicted octanol–water partition coefficient (Wildman–Crippen LogP) is 3.36. The van der Waals surface area contributed by atoms with E-state index >= 15 is 0 Å². The van der Waals surface area contributed by atoms with Crippen molar-refractivity contribution in [2.45, 2.75) is 23.9 Å². The molecule has 11 heteroatoms. The Labute approximate surface area is 179 Å². The highest BCUT2D eigenvalue weighted by Gasteiger charge is 2.17. The first kappa shape index (κ1) is 21.5.